The van der Waals surface area contributed by atoms with Crippen LogP contribution in [0.2, 0.25) is 0 Å². The minimum absolute atomic E-state index is 0.000397. The molecule has 1 aromatic heterocycles. The molecule has 1 amide bonds. The maximum atomic E-state index is 13.2. The van der Waals surface area contributed by atoms with Crippen LogP contribution in [0.3, 0.4) is 0 Å². The number of non-ortho nitro benzene ring substituents is 1. The Hall–Kier alpha value is -4.45. The molecule has 1 aliphatic heterocycles. The number of nitro groups is 1. The maximum Gasteiger partial charge on any atom is 0.341 e. The number of amides is 1. The van der Waals surface area contributed by atoms with Gasteiger partial charge in [0.2, 0.25) is 0 Å². The number of carbonyl (C=O) groups excluding carboxylic acids is 2. The summed E-state index contributed by atoms with van der Waals surface area (Å²) < 4.78 is 15.9. The van der Waals surface area contributed by atoms with E-state index >= 15 is 0 Å². The van der Waals surface area contributed by atoms with Crippen molar-refractivity contribution in [3.05, 3.63) is 80.0 Å². The van der Waals surface area contributed by atoms with Crippen LogP contribution in [0.4, 0.5) is 11.4 Å². The zero-order valence-electron chi connectivity index (χ0n) is 19.4. The normalized spacial score (nSPS) is 14.8. The van der Waals surface area contributed by atoms with Gasteiger partial charge in [-0.15, -0.1) is 11.3 Å². The monoisotopic (exact) mass is 510 g/mol. The number of hydrogen-bond acceptors (Lipinski definition) is 10. The summed E-state index contributed by atoms with van der Waals surface area (Å²) in [6.45, 7) is -0.633. The number of anilines is 1. The SMILES string of the molecule is COc1ccc(C2CC(c3cccs3)=NN2C(=O)COC(=O)c2cc([N+](=O)[O-])ccc2N)cc1OC. The fraction of sp³-hybridized carbons (Fsp3) is 0.208. The molecular formula is C24H22N4O7S. The highest BCUT2D eigenvalue weighted by Crippen LogP contribution is 2.38. The van der Waals surface area contributed by atoms with Gasteiger partial charge in [0, 0.05) is 24.2 Å². The van der Waals surface area contributed by atoms with Gasteiger partial charge in [-0.05, 0) is 35.2 Å². The summed E-state index contributed by atoms with van der Waals surface area (Å²) in [5.74, 6) is -0.480. The lowest BCUT2D eigenvalue weighted by Gasteiger charge is -2.23. The molecule has 2 heterocycles. The molecule has 0 saturated carbocycles. The average Bonchev–Trinajstić information content (AvgIpc) is 3.57. The Labute approximate surface area is 209 Å². The fourth-order valence-corrected chi connectivity index (χ4v) is 4.48. The van der Waals surface area contributed by atoms with Crippen molar-refractivity contribution in [3.63, 3.8) is 0 Å². The molecule has 0 saturated heterocycles. The molecule has 1 atom stereocenters. The number of nitrogens with two attached hydrogens (primary N) is 1. The third kappa shape index (κ3) is 4.98. The van der Waals surface area contributed by atoms with Crippen LogP contribution in [0.5, 0.6) is 11.5 Å². The van der Waals surface area contributed by atoms with E-state index in [0.717, 1.165) is 16.5 Å². The van der Waals surface area contributed by atoms with Crippen LogP contribution in [-0.2, 0) is 9.53 Å². The van der Waals surface area contributed by atoms with E-state index in [2.05, 4.69) is 5.10 Å². The highest BCUT2D eigenvalue weighted by Gasteiger charge is 2.34. The smallest absolute Gasteiger partial charge is 0.341 e. The molecular weight excluding hydrogens is 488 g/mol. The van der Waals surface area contributed by atoms with E-state index in [9.17, 15) is 19.7 Å². The van der Waals surface area contributed by atoms with Gasteiger partial charge in [-0.3, -0.25) is 14.9 Å². The number of thiophene rings is 1. The molecule has 4 rings (SSSR count). The highest BCUT2D eigenvalue weighted by atomic mass is 32.1. The van der Waals surface area contributed by atoms with E-state index in [-0.39, 0.29) is 16.9 Å². The number of nitrogens with zero attached hydrogens (tertiary/aromatic N) is 3. The standard InChI is InChI=1S/C24H22N4O7S/c1-33-20-8-5-14(10-21(20)34-2)19-12-18(22-4-3-9-36-22)26-27(19)23(29)13-35-24(30)16-11-15(28(31)32)6-7-17(16)25/h3-11,19H,12-13,25H2,1-2H3. The van der Waals surface area contributed by atoms with Crippen molar-refractivity contribution in [1.82, 2.24) is 5.01 Å². The molecule has 11 nitrogen and oxygen atoms in total. The van der Waals surface area contributed by atoms with Crippen molar-refractivity contribution in [2.75, 3.05) is 26.6 Å². The lowest BCUT2D eigenvalue weighted by Crippen LogP contribution is -2.31. The quantitative estimate of drug-likeness (QED) is 0.208. The third-order valence-electron chi connectivity index (χ3n) is 5.56. The second kappa shape index (κ2) is 10.4. The molecule has 12 heteroatoms. The molecule has 0 fully saturated rings. The summed E-state index contributed by atoms with van der Waals surface area (Å²) in [5, 5.41) is 18.8. The minimum Gasteiger partial charge on any atom is -0.493 e. The molecule has 0 aliphatic carbocycles. The van der Waals surface area contributed by atoms with Gasteiger partial charge >= 0.3 is 5.97 Å². The van der Waals surface area contributed by atoms with Gasteiger partial charge < -0.3 is 19.9 Å². The van der Waals surface area contributed by atoms with Crippen molar-refractivity contribution >= 4 is 40.3 Å². The molecule has 0 spiro atoms. The molecule has 1 unspecified atom stereocenters. The number of esters is 1. The summed E-state index contributed by atoms with van der Waals surface area (Å²) in [4.78, 5) is 37.0. The van der Waals surface area contributed by atoms with Crippen molar-refractivity contribution in [2.24, 2.45) is 5.10 Å². The predicted octanol–water partition coefficient (Wildman–Crippen LogP) is 3.79. The lowest BCUT2D eigenvalue weighted by molar-refractivity contribution is -0.384. The van der Waals surface area contributed by atoms with E-state index in [4.69, 9.17) is 19.9 Å². The van der Waals surface area contributed by atoms with E-state index in [1.165, 1.54) is 42.7 Å². The molecule has 36 heavy (non-hydrogen) atoms. The van der Waals surface area contributed by atoms with Gasteiger partial charge in [-0.1, -0.05) is 12.1 Å². The Morgan fingerprint density at radius 1 is 1.17 bits per heavy atom. The maximum absolute atomic E-state index is 13.2. The molecule has 2 aromatic carbocycles. The summed E-state index contributed by atoms with van der Waals surface area (Å²) >= 11 is 1.50. The van der Waals surface area contributed by atoms with Crippen LogP contribution < -0.4 is 15.2 Å². The van der Waals surface area contributed by atoms with Gasteiger partial charge in [0.05, 0.1) is 41.3 Å². The number of nitro benzene ring substituents is 1. The van der Waals surface area contributed by atoms with E-state index in [0.29, 0.717) is 23.6 Å². The largest absolute Gasteiger partial charge is 0.493 e. The molecule has 0 bridgehead atoms. The Bertz CT molecular complexity index is 1340. The summed E-state index contributed by atoms with van der Waals surface area (Å²) in [5.41, 5.74) is 6.73. The first-order chi connectivity index (χ1) is 17.3. The van der Waals surface area contributed by atoms with Crippen LogP contribution in [0.1, 0.15) is 33.3 Å². The van der Waals surface area contributed by atoms with Crippen molar-refractivity contribution in [1.29, 1.82) is 0 Å². The Balaban J connectivity index is 1.57. The predicted molar refractivity (Wildman–Crippen MR) is 132 cm³/mol. The first-order valence-electron chi connectivity index (χ1n) is 10.7. The third-order valence-corrected chi connectivity index (χ3v) is 6.48. The Morgan fingerprint density at radius 3 is 2.61 bits per heavy atom. The van der Waals surface area contributed by atoms with Crippen LogP contribution in [0.15, 0.2) is 59.0 Å². The van der Waals surface area contributed by atoms with Gasteiger partial charge in [-0.2, -0.15) is 5.10 Å². The summed E-state index contributed by atoms with van der Waals surface area (Å²) in [6, 6.07) is 12.1. The number of nitrogen functional groups attached to an aromatic ring is 1. The first-order valence-corrected chi connectivity index (χ1v) is 11.6. The lowest BCUT2D eigenvalue weighted by atomic mass is 10.0. The van der Waals surface area contributed by atoms with E-state index < -0.39 is 29.4 Å². The van der Waals surface area contributed by atoms with Crippen LogP contribution in [-0.4, -0.2) is 48.3 Å². The number of rotatable bonds is 8. The number of methoxy groups -OCH3 is 2. The molecule has 0 radical (unpaired) electrons. The van der Waals surface area contributed by atoms with Gasteiger partial charge in [0.15, 0.2) is 18.1 Å². The number of carbonyl (C=O) groups is 2. The topological polar surface area (TPSA) is 147 Å². The van der Waals surface area contributed by atoms with Crippen LogP contribution in [0.25, 0.3) is 0 Å². The molecule has 3 aromatic rings. The zero-order valence-corrected chi connectivity index (χ0v) is 20.2. The second-order valence-electron chi connectivity index (χ2n) is 7.70. The van der Waals surface area contributed by atoms with Crippen LogP contribution in [0, 0.1) is 10.1 Å². The van der Waals surface area contributed by atoms with E-state index in [1.54, 1.807) is 12.1 Å². The van der Waals surface area contributed by atoms with Gasteiger partial charge in [0.1, 0.15) is 0 Å². The van der Waals surface area contributed by atoms with E-state index in [1.807, 2.05) is 23.6 Å². The second-order valence-corrected chi connectivity index (χ2v) is 8.65. The van der Waals surface area contributed by atoms with Gasteiger partial charge in [-0.25, -0.2) is 9.80 Å². The number of hydrazone groups is 1. The minimum atomic E-state index is -0.950. The molecule has 2 N–H and O–H groups in total. The highest BCUT2D eigenvalue weighted by molar-refractivity contribution is 7.12. The van der Waals surface area contributed by atoms with Crippen molar-refractivity contribution < 1.29 is 28.7 Å². The van der Waals surface area contributed by atoms with Gasteiger partial charge in [0.25, 0.3) is 11.6 Å². The molecule has 1 aliphatic rings. The van der Waals surface area contributed by atoms with Crippen molar-refractivity contribution in [2.45, 2.75) is 12.5 Å². The number of benzene rings is 2. The summed E-state index contributed by atoms with van der Waals surface area (Å²) in [6.07, 6.45) is 0.438. The summed E-state index contributed by atoms with van der Waals surface area (Å²) in [7, 11) is 3.05. The Kier molecular flexibility index (Phi) is 7.15. The fourth-order valence-electron chi connectivity index (χ4n) is 3.76. The average molecular weight is 511 g/mol. The van der Waals surface area contributed by atoms with Crippen LogP contribution >= 0.6 is 11.3 Å². The number of ether oxygens (including phenoxy) is 3. The number of hydrogen-bond donors (Lipinski definition) is 1. The Morgan fingerprint density at radius 2 is 1.94 bits per heavy atom. The van der Waals surface area contributed by atoms with Crippen molar-refractivity contribution in [3.8, 4) is 11.5 Å². The molecule has 186 valence electrons. The zero-order chi connectivity index (χ0) is 25.8. The first kappa shape index (κ1) is 24.7.